The average Bonchev–Trinajstić information content (AvgIpc) is 2.58. The number of ketones is 1. The van der Waals surface area contributed by atoms with Gasteiger partial charge in [0, 0.05) is 17.4 Å². The van der Waals surface area contributed by atoms with Crippen LogP contribution in [-0.4, -0.2) is 10.9 Å². The normalized spacial score (nSPS) is 27.1. The third-order valence-electron chi connectivity index (χ3n) is 4.11. The molecule has 2 aliphatic carbocycles. The van der Waals surface area contributed by atoms with Crippen molar-refractivity contribution in [3.63, 3.8) is 0 Å². The average molecular weight is 228 g/mol. The lowest BCUT2D eigenvalue weighted by molar-refractivity contribution is 0.0790. The van der Waals surface area contributed by atoms with Crippen molar-refractivity contribution < 1.29 is 9.90 Å². The van der Waals surface area contributed by atoms with Crippen molar-refractivity contribution in [2.45, 2.75) is 32.6 Å². The SMILES string of the molecule is Cc1ccc2c(c1)C(=O)C1(CC=C(O)CC1)C2. The first-order chi connectivity index (χ1) is 8.11. The molecule has 1 aromatic carbocycles. The first-order valence-corrected chi connectivity index (χ1v) is 6.13. The molecule has 1 N–H and O–H groups in total. The zero-order valence-electron chi connectivity index (χ0n) is 9.99. The van der Waals surface area contributed by atoms with Crippen LogP contribution in [0.5, 0.6) is 0 Å². The fraction of sp³-hybridized carbons (Fsp3) is 0.400. The molecule has 2 aliphatic rings. The van der Waals surface area contributed by atoms with Crippen LogP contribution in [0.25, 0.3) is 0 Å². The topological polar surface area (TPSA) is 37.3 Å². The minimum Gasteiger partial charge on any atom is -0.513 e. The highest BCUT2D eigenvalue weighted by atomic mass is 16.3. The van der Waals surface area contributed by atoms with E-state index < -0.39 is 0 Å². The summed E-state index contributed by atoms with van der Waals surface area (Å²) in [5.74, 6) is 0.718. The Balaban J connectivity index is 2.02. The lowest BCUT2D eigenvalue weighted by Crippen LogP contribution is -2.29. The van der Waals surface area contributed by atoms with E-state index in [1.54, 1.807) is 0 Å². The Morgan fingerprint density at radius 1 is 1.35 bits per heavy atom. The van der Waals surface area contributed by atoms with E-state index in [1.165, 1.54) is 5.56 Å². The molecule has 1 aromatic rings. The summed E-state index contributed by atoms with van der Waals surface area (Å²) >= 11 is 0. The predicted molar refractivity (Wildman–Crippen MR) is 66.2 cm³/mol. The summed E-state index contributed by atoms with van der Waals surface area (Å²) in [7, 11) is 0. The lowest BCUT2D eigenvalue weighted by atomic mass is 9.73. The summed E-state index contributed by atoms with van der Waals surface area (Å²) in [6.07, 6.45) is 4.76. The van der Waals surface area contributed by atoms with Crippen LogP contribution in [0.4, 0.5) is 0 Å². The van der Waals surface area contributed by atoms with E-state index in [4.69, 9.17) is 0 Å². The molecule has 0 bridgehead atoms. The predicted octanol–water partition coefficient (Wildman–Crippen LogP) is 3.35. The Morgan fingerprint density at radius 2 is 2.18 bits per heavy atom. The maximum Gasteiger partial charge on any atom is 0.169 e. The zero-order chi connectivity index (χ0) is 12.0. The molecule has 1 spiro atoms. The van der Waals surface area contributed by atoms with Crippen LogP contribution in [0, 0.1) is 12.3 Å². The molecule has 3 rings (SSSR count). The maximum absolute atomic E-state index is 12.5. The summed E-state index contributed by atoms with van der Waals surface area (Å²) in [5, 5.41) is 9.45. The summed E-state index contributed by atoms with van der Waals surface area (Å²) in [4.78, 5) is 12.5. The van der Waals surface area contributed by atoms with Gasteiger partial charge in [-0.2, -0.15) is 0 Å². The monoisotopic (exact) mass is 228 g/mol. The van der Waals surface area contributed by atoms with Crippen molar-refractivity contribution in [2.75, 3.05) is 0 Å². The molecule has 2 heteroatoms. The van der Waals surface area contributed by atoms with E-state index in [1.807, 2.05) is 19.1 Å². The fourth-order valence-electron chi connectivity index (χ4n) is 3.04. The van der Waals surface area contributed by atoms with Crippen molar-refractivity contribution in [3.8, 4) is 0 Å². The molecule has 0 aromatic heterocycles. The molecule has 88 valence electrons. The fourth-order valence-corrected chi connectivity index (χ4v) is 3.04. The Hall–Kier alpha value is -1.57. The molecule has 1 unspecified atom stereocenters. The van der Waals surface area contributed by atoms with Crippen LogP contribution in [-0.2, 0) is 6.42 Å². The first kappa shape index (κ1) is 10.6. The number of fused-ring (bicyclic) bond motifs is 1. The molecule has 0 heterocycles. The Kier molecular flexibility index (Phi) is 2.15. The first-order valence-electron chi connectivity index (χ1n) is 6.13. The van der Waals surface area contributed by atoms with Crippen molar-refractivity contribution in [1.29, 1.82) is 0 Å². The molecule has 0 amide bonds. The molecule has 0 saturated carbocycles. The number of aliphatic hydroxyl groups excluding tert-OH is 1. The third kappa shape index (κ3) is 1.51. The van der Waals surface area contributed by atoms with E-state index in [-0.39, 0.29) is 11.2 Å². The second-order valence-corrected chi connectivity index (χ2v) is 5.35. The Morgan fingerprint density at radius 3 is 2.88 bits per heavy atom. The summed E-state index contributed by atoms with van der Waals surface area (Å²) in [6, 6.07) is 6.15. The highest BCUT2D eigenvalue weighted by molar-refractivity contribution is 6.05. The van der Waals surface area contributed by atoms with Gasteiger partial charge >= 0.3 is 0 Å². The molecule has 1 atom stereocenters. The van der Waals surface area contributed by atoms with Crippen LogP contribution in [0.15, 0.2) is 30.0 Å². The highest BCUT2D eigenvalue weighted by Gasteiger charge is 2.45. The number of carbonyl (C=O) groups excluding carboxylic acids is 1. The van der Waals surface area contributed by atoms with Gasteiger partial charge in [0.1, 0.15) is 0 Å². The van der Waals surface area contributed by atoms with E-state index >= 15 is 0 Å². The van der Waals surface area contributed by atoms with Crippen LogP contribution in [0.1, 0.15) is 40.7 Å². The number of allylic oxidation sites excluding steroid dienone is 2. The van der Waals surface area contributed by atoms with Gasteiger partial charge in [-0.15, -0.1) is 0 Å². The number of aliphatic hydroxyl groups is 1. The number of hydrogen-bond donors (Lipinski definition) is 1. The smallest absolute Gasteiger partial charge is 0.169 e. The maximum atomic E-state index is 12.5. The number of carbonyl (C=O) groups is 1. The van der Waals surface area contributed by atoms with Crippen molar-refractivity contribution in [3.05, 3.63) is 46.7 Å². The Bertz CT molecular complexity index is 528. The molecule has 2 nitrogen and oxygen atoms in total. The van der Waals surface area contributed by atoms with E-state index in [9.17, 15) is 9.90 Å². The van der Waals surface area contributed by atoms with Gasteiger partial charge in [0.15, 0.2) is 5.78 Å². The number of aryl methyl sites for hydroxylation is 1. The molecular formula is C15H16O2. The van der Waals surface area contributed by atoms with Gasteiger partial charge in [-0.3, -0.25) is 4.79 Å². The number of Topliss-reactive ketones (excluding diaryl/α,β-unsaturated/α-hetero) is 1. The second-order valence-electron chi connectivity index (χ2n) is 5.35. The van der Waals surface area contributed by atoms with Gasteiger partial charge in [-0.05, 0) is 43.9 Å². The molecular weight excluding hydrogens is 212 g/mol. The third-order valence-corrected chi connectivity index (χ3v) is 4.11. The highest BCUT2D eigenvalue weighted by Crippen LogP contribution is 2.46. The van der Waals surface area contributed by atoms with Gasteiger partial charge in [0.05, 0.1) is 5.76 Å². The van der Waals surface area contributed by atoms with Gasteiger partial charge < -0.3 is 5.11 Å². The van der Waals surface area contributed by atoms with Gasteiger partial charge in [-0.1, -0.05) is 17.7 Å². The van der Waals surface area contributed by atoms with Gasteiger partial charge in [0.25, 0.3) is 0 Å². The van der Waals surface area contributed by atoms with Crippen molar-refractivity contribution in [1.82, 2.24) is 0 Å². The number of rotatable bonds is 0. The summed E-state index contributed by atoms with van der Waals surface area (Å²) < 4.78 is 0. The largest absolute Gasteiger partial charge is 0.513 e. The van der Waals surface area contributed by atoms with Gasteiger partial charge in [0.2, 0.25) is 0 Å². The Labute approximate surface area is 101 Å². The zero-order valence-corrected chi connectivity index (χ0v) is 9.99. The molecule has 0 aliphatic heterocycles. The minimum absolute atomic E-state index is 0.262. The van der Waals surface area contributed by atoms with Crippen LogP contribution in [0.2, 0.25) is 0 Å². The molecule has 0 saturated heterocycles. The standard InChI is InChI=1S/C15H16O2/c1-10-2-3-11-9-15(14(17)13(11)8-10)6-4-12(16)5-7-15/h2-4,8,16H,5-7,9H2,1H3. The van der Waals surface area contributed by atoms with Crippen LogP contribution in [0.3, 0.4) is 0 Å². The number of hydrogen-bond acceptors (Lipinski definition) is 2. The van der Waals surface area contributed by atoms with Crippen LogP contribution < -0.4 is 0 Å². The number of benzene rings is 1. The van der Waals surface area contributed by atoms with E-state index in [0.717, 1.165) is 24.0 Å². The molecule has 17 heavy (non-hydrogen) atoms. The van der Waals surface area contributed by atoms with E-state index in [2.05, 4.69) is 12.1 Å². The van der Waals surface area contributed by atoms with Crippen LogP contribution >= 0.6 is 0 Å². The lowest BCUT2D eigenvalue weighted by Gasteiger charge is -2.29. The summed E-state index contributed by atoms with van der Waals surface area (Å²) in [6.45, 7) is 2.02. The second kappa shape index (κ2) is 3.46. The molecule has 0 fully saturated rings. The van der Waals surface area contributed by atoms with Crippen molar-refractivity contribution >= 4 is 5.78 Å². The van der Waals surface area contributed by atoms with Crippen molar-refractivity contribution in [2.24, 2.45) is 5.41 Å². The molecule has 0 radical (unpaired) electrons. The van der Waals surface area contributed by atoms with E-state index in [0.29, 0.717) is 18.6 Å². The quantitative estimate of drug-likeness (QED) is 0.739. The summed E-state index contributed by atoms with van der Waals surface area (Å²) in [5.41, 5.74) is 2.96. The van der Waals surface area contributed by atoms with Gasteiger partial charge in [-0.25, -0.2) is 0 Å². The minimum atomic E-state index is -0.262.